The first-order chi connectivity index (χ1) is 6.74. The summed E-state index contributed by atoms with van der Waals surface area (Å²) in [5, 5.41) is 3.57. The molecule has 2 atom stereocenters. The second kappa shape index (κ2) is 6.41. The van der Waals surface area contributed by atoms with E-state index >= 15 is 0 Å². The normalized spacial score (nSPS) is 30.2. The van der Waals surface area contributed by atoms with Crippen LogP contribution in [-0.2, 0) is 0 Å². The summed E-state index contributed by atoms with van der Waals surface area (Å²) in [6.07, 6.45) is 5.38. The minimum absolute atomic E-state index is 0.702. The molecule has 0 aromatic carbocycles. The van der Waals surface area contributed by atoms with E-state index in [2.05, 4.69) is 31.0 Å². The van der Waals surface area contributed by atoms with Gasteiger partial charge in [0, 0.05) is 18.6 Å². The van der Waals surface area contributed by atoms with Crippen molar-refractivity contribution < 1.29 is 0 Å². The molecule has 1 fully saturated rings. The van der Waals surface area contributed by atoms with Crippen LogP contribution in [0.2, 0.25) is 0 Å². The highest BCUT2D eigenvalue weighted by molar-refractivity contribution is 4.77. The summed E-state index contributed by atoms with van der Waals surface area (Å²) in [6.45, 7) is 10.6. The minimum Gasteiger partial charge on any atom is -0.313 e. The van der Waals surface area contributed by atoms with E-state index < -0.39 is 0 Å². The summed E-state index contributed by atoms with van der Waals surface area (Å²) >= 11 is 0. The predicted octanol–water partition coefficient (Wildman–Crippen LogP) is 2.25. The van der Waals surface area contributed by atoms with Crippen LogP contribution >= 0.6 is 0 Å². The van der Waals surface area contributed by atoms with Crippen LogP contribution in [0.4, 0.5) is 0 Å². The quantitative estimate of drug-likeness (QED) is 0.697. The summed E-state index contributed by atoms with van der Waals surface area (Å²) in [6, 6.07) is 1.42. The third-order valence-corrected chi connectivity index (χ3v) is 3.28. The van der Waals surface area contributed by atoms with Crippen molar-refractivity contribution in [3.63, 3.8) is 0 Å². The number of hydrogen-bond acceptors (Lipinski definition) is 2. The van der Waals surface area contributed by atoms with Crippen molar-refractivity contribution in [2.24, 2.45) is 0 Å². The molecular formula is C12H26N2. The van der Waals surface area contributed by atoms with Gasteiger partial charge in [-0.2, -0.15) is 0 Å². The first-order valence-electron chi connectivity index (χ1n) is 6.21. The molecule has 2 unspecified atom stereocenters. The van der Waals surface area contributed by atoms with Gasteiger partial charge in [0.05, 0.1) is 0 Å². The van der Waals surface area contributed by atoms with E-state index in [0.717, 1.165) is 12.6 Å². The van der Waals surface area contributed by atoms with Crippen LogP contribution in [0.25, 0.3) is 0 Å². The van der Waals surface area contributed by atoms with Gasteiger partial charge in [0.25, 0.3) is 0 Å². The van der Waals surface area contributed by atoms with Gasteiger partial charge < -0.3 is 5.32 Å². The van der Waals surface area contributed by atoms with Gasteiger partial charge in [-0.05, 0) is 39.8 Å². The molecule has 1 heterocycles. The number of unbranched alkanes of at least 4 members (excludes halogenated alkanes) is 2. The maximum absolute atomic E-state index is 3.57. The van der Waals surface area contributed by atoms with Crippen LogP contribution < -0.4 is 5.32 Å². The number of nitrogens with one attached hydrogen (secondary N) is 1. The SMILES string of the molecule is CCCCCN1CCC(C)NCC1C. The molecule has 1 aliphatic heterocycles. The first-order valence-corrected chi connectivity index (χ1v) is 6.21. The molecule has 0 bridgehead atoms. The highest BCUT2D eigenvalue weighted by atomic mass is 15.2. The average Bonchev–Trinajstić information content (AvgIpc) is 2.33. The fourth-order valence-corrected chi connectivity index (χ4v) is 2.08. The van der Waals surface area contributed by atoms with Gasteiger partial charge >= 0.3 is 0 Å². The Morgan fingerprint density at radius 1 is 1.29 bits per heavy atom. The van der Waals surface area contributed by atoms with Crippen LogP contribution in [0.15, 0.2) is 0 Å². The minimum atomic E-state index is 0.702. The molecule has 0 radical (unpaired) electrons. The summed E-state index contributed by atoms with van der Waals surface area (Å²) in [7, 11) is 0. The molecule has 14 heavy (non-hydrogen) atoms. The van der Waals surface area contributed by atoms with Crippen LogP contribution in [0.5, 0.6) is 0 Å². The van der Waals surface area contributed by atoms with Gasteiger partial charge in [-0.25, -0.2) is 0 Å². The molecule has 1 aliphatic rings. The monoisotopic (exact) mass is 198 g/mol. The second-order valence-corrected chi connectivity index (χ2v) is 4.69. The molecule has 1 saturated heterocycles. The molecular weight excluding hydrogens is 172 g/mol. The zero-order valence-electron chi connectivity index (χ0n) is 10.1. The fraction of sp³-hybridized carbons (Fsp3) is 1.00. The fourth-order valence-electron chi connectivity index (χ4n) is 2.08. The summed E-state index contributed by atoms with van der Waals surface area (Å²) in [4.78, 5) is 2.64. The molecule has 0 aromatic heterocycles. The van der Waals surface area contributed by atoms with E-state index in [-0.39, 0.29) is 0 Å². The molecule has 1 N–H and O–H groups in total. The largest absolute Gasteiger partial charge is 0.313 e. The summed E-state index contributed by atoms with van der Waals surface area (Å²) < 4.78 is 0. The molecule has 2 nitrogen and oxygen atoms in total. The highest BCUT2D eigenvalue weighted by Crippen LogP contribution is 2.09. The molecule has 0 saturated carbocycles. The Morgan fingerprint density at radius 2 is 2.07 bits per heavy atom. The van der Waals surface area contributed by atoms with Crippen molar-refractivity contribution in [2.45, 2.75) is 58.5 Å². The molecule has 1 rings (SSSR count). The van der Waals surface area contributed by atoms with Crippen LogP contribution in [-0.4, -0.2) is 36.6 Å². The van der Waals surface area contributed by atoms with Gasteiger partial charge in [0.15, 0.2) is 0 Å². The first kappa shape index (κ1) is 12.0. The Hall–Kier alpha value is -0.0800. The Morgan fingerprint density at radius 3 is 2.79 bits per heavy atom. The van der Waals surface area contributed by atoms with Crippen LogP contribution in [0, 0.1) is 0 Å². The average molecular weight is 198 g/mol. The van der Waals surface area contributed by atoms with Crippen molar-refractivity contribution in [3.05, 3.63) is 0 Å². The lowest BCUT2D eigenvalue weighted by Crippen LogP contribution is -2.38. The van der Waals surface area contributed by atoms with Crippen molar-refractivity contribution in [1.82, 2.24) is 10.2 Å². The Bertz CT molecular complexity index is 147. The van der Waals surface area contributed by atoms with Crippen molar-refractivity contribution in [2.75, 3.05) is 19.6 Å². The summed E-state index contributed by atoms with van der Waals surface area (Å²) in [5.41, 5.74) is 0. The lowest BCUT2D eigenvalue weighted by Gasteiger charge is -2.26. The Kier molecular flexibility index (Phi) is 5.49. The van der Waals surface area contributed by atoms with E-state index in [0.29, 0.717) is 6.04 Å². The zero-order chi connectivity index (χ0) is 10.4. The van der Waals surface area contributed by atoms with Gasteiger partial charge in [-0.15, -0.1) is 0 Å². The lowest BCUT2D eigenvalue weighted by atomic mass is 10.2. The maximum Gasteiger partial charge on any atom is 0.0192 e. The van der Waals surface area contributed by atoms with Crippen LogP contribution in [0.1, 0.15) is 46.5 Å². The van der Waals surface area contributed by atoms with Gasteiger partial charge in [-0.3, -0.25) is 4.90 Å². The molecule has 0 spiro atoms. The Labute approximate surface area is 89.1 Å². The number of nitrogens with zero attached hydrogens (tertiary/aromatic N) is 1. The van der Waals surface area contributed by atoms with Crippen LogP contribution in [0.3, 0.4) is 0 Å². The molecule has 0 aromatic rings. The topological polar surface area (TPSA) is 15.3 Å². The van der Waals surface area contributed by atoms with Gasteiger partial charge in [-0.1, -0.05) is 19.8 Å². The van der Waals surface area contributed by atoms with E-state index in [1.165, 1.54) is 38.8 Å². The van der Waals surface area contributed by atoms with Crippen molar-refractivity contribution in [1.29, 1.82) is 0 Å². The van der Waals surface area contributed by atoms with Gasteiger partial charge in [0.1, 0.15) is 0 Å². The van der Waals surface area contributed by atoms with Crippen molar-refractivity contribution >= 4 is 0 Å². The highest BCUT2D eigenvalue weighted by Gasteiger charge is 2.18. The number of hydrogen-bond donors (Lipinski definition) is 1. The molecule has 84 valence electrons. The molecule has 0 aliphatic carbocycles. The van der Waals surface area contributed by atoms with E-state index in [4.69, 9.17) is 0 Å². The van der Waals surface area contributed by atoms with E-state index in [9.17, 15) is 0 Å². The third-order valence-electron chi connectivity index (χ3n) is 3.28. The third kappa shape index (κ3) is 3.97. The van der Waals surface area contributed by atoms with E-state index in [1.807, 2.05) is 0 Å². The smallest absolute Gasteiger partial charge is 0.0192 e. The number of rotatable bonds is 4. The Balaban J connectivity index is 2.26. The molecule has 2 heteroatoms. The lowest BCUT2D eigenvalue weighted by molar-refractivity contribution is 0.218. The van der Waals surface area contributed by atoms with Crippen molar-refractivity contribution in [3.8, 4) is 0 Å². The zero-order valence-corrected chi connectivity index (χ0v) is 10.1. The predicted molar refractivity (Wildman–Crippen MR) is 62.6 cm³/mol. The molecule has 0 amide bonds. The summed E-state index contributed by atoms with van der Waals surface area (Å²) in [5.74, 6) is 0. The standard InChI is InChI=1S/C12H26N2/c1-4-5-6-8-14-9-7-11(2)13-10-12(14)3/h11-13H,4-10H2,1-3H3. The maximum atomic E-state index is 3.57. The second-order valence-electron chi connectivity index (χ2n) is 4.69. The van der Waals surface area contributed by atoms with E-state index in [1.54, 1.807) is 0 Å². The van der Waals surface area contributed by atoms with Gasteiger partial charge in [0.2, 0.25) is 0 Å².